The van der Waals surface area contributed by atoms with Gasteiger partial charge in [-0.3, -0.25) is 4.79 Å². The van der Waals surface area contributed by atoms with Gasteiger partial charge in [-0.05, 0) is 59.5 Å². The quantitative estimate of drug-likeness (QED) is 0.184. The van der Waals surface area contributed by atoms with Gasteiger partial charge in [-0.15, -0.1) is 0 Å². The minimum Gasteiger partial charge on any atom is -0.444 e. The van der Waals surface area contributed by atoms with E-state index in [1.807, 2.05) is 0 Å². The van der Waals surface area contributed by atoms with E-state index in [2.05, 4.69) is 4.74 Å². The zero-order valence-electron chi connectivity index (χ0n) is 21.1. The van der Waals surface area contributed by atoms with Gasteiger partial charge < -0.3 is 4.74 Å². The SMILES string of the molecule is O=C(OC(C(F)(F)F)C(F)(F)S(=O)(=O)OS(c1ccccc1)(c1ccccc1)c1ccccc1)C1CCCCC1. The Bertz CT molecular complexity index is 1280. The van der Waals surface area contributed by atoms with Crippen molar-refractivity contribution < 1.29 is 43.5 Å². The summed E-state index contributed by atoms with van der Waals surface area (Å²) >= 11 is 0. The molecule has 0 saturated heterocycles. The molecule has 1 unspecified atom stereocenters. The lowest BCUT2D eigenvalue weighted by molar-refractivity contribution is -0.260. The highest BCUT2D eigenvalue weighted by Gasteiger charge is 2.68. The Balaban J connectivity index is 1.84. The van der Waals surface area contributed by atoms with Crippen LogP contribution in [-0.4, -0.2) is 31.9 Å². The third-order valence-electron chi connectivity index (χ3n) is 6.53. The van der Waals surface area contributed by atoms with E-state index in [-0.39, 0.29) is 27.5 Å². The molecule has 1 aliphatic carbocycles. The summed E-state index contributed by atoms with van der Waals surface area (Å²) in [5.41, 5.74) is 0. The number of benzene rings is 3. The maximum absolute atomic E-state index is 15.7. The number of ether oxygens (including phenoxy) is 1. The third kappa shape index (κ3) is 6.03. The van der Waals surface area contributed by atoms with Crippen molar-refractivity contribution in [2.24, 2.45) is 5.92 Å². The summed E-state index contributed by atoms with van der Waals surface area (Å²) in [6.45, 7) is 0. The molecule has 0 aromatic heterocycles. The molecule has 3 aromatic carbocycles. The van der Waals surface area contributed by atoms with E-state index in [1.54, 1.807) is 18.2 Å². The molecule has 40 heavy (non-hydrogen) atoms. The molecule has 4 rings (SSSR count). The molecule has 0 amide bonds. The summed E-state index contributed by atoms with van der Waals surface area (Å²) in [7, 11) is -9.99. The Morgan fingerprint density at radius 2 is 1.10 bits per heavy atom. The highest BCUT2D eigenvalue weighted by Crippen LogP contribution is 2.70. The largest absolute Gasteiger partial charge is 0.444 e. The lowest BCUT2D eigenvalue weighted by atomic mass is 9.89. The molecule has 3 aromatic rings. The van der Waals surface area contributed by atoms with Gasteiger partial charge in [0.25, 0.3) is 6.10 Å². The fourth-order valence-electron chi connectivity index (χ4n) is 4.55. The van der Waals surface area contributed by atoms with Crippen LogP contribution in [0.5, 0.6) is 0 Å². The molecular weight excluding hydrogens is 575 g/mol. The van der Waals surface area contributed by atoms with Crippen molar-refractivity contribution in [3.05, 3.63) is 91.0 Å². The topological polar surface area (TPSA) is 69.7 Å². The molecule has 1 fully saturated rings. The van der Waals surface area contributed by atoms with Crippen LogP contribution in [0.1, 0.15) is 32.1 Å². The lowest BCUT2D eigenvalue weighted by Gasteiger charge is -2.40. The summed E-state index contributed by atoms with van der Waals surface area (Å²) in [4.78, 5) is 12.9. The highest BCUT2D eigenvalue weighted by atomic mass is 32.3. The molecule has 0 bridgehead atoms. The third-order valence-corrected chi connectivity index (χ3v) is 11.7. The summed E-state index contributed by atoms with van der Waals surface area (Å²) in [5, 5.41) is -5.67. The van der Waals surface area contributed by atoms with Gasteiger partial charge in [-0.1, -0.05) is 73.9 Å². The van der Waals surface area contributed by atoms with Crippen LogP contribution < -0.4 is 0 Å². The Hall–Kier alpha value is -2.96. The molecule has 216 valence electrons. The average Bonchev–Trinajstić information content (AvgIpc) is 2.95. The van der Waals surface area contributed by atoms with Crippen LogP contribution in [0, 0.1) is 5.92 Å². The van der Waals surface area contributed by atoms with Crippen molar-refractivity contribution in [1.82, 2.24) is 0 Å². The fourth-order valence-corrected chi connectivity index (χ4v) is 9.81. The first-order valence-electron chi connectivity index (χ1n) is 12.5. The van der Waals surface area contributed by atoms with Crippen molar-refractivity contribution in [2.45, 2.75) is 64.3 Å². The molecule has 0 spiro atoms. The Morgan fingerprint density at radius 1 is 0.700 bits per heavy atom. The first kappa shape index (κ1) is 30.0. The van der Waals surface area contributed by atoms with Crippen LogP contribution >= 0.6 is 10.3 Å². The van der Waals surface area contributed by atoms with Crippen molar-refractivity contribution in [3.8, 4) is 0 Å². The number of alkyl halides is 5. The number of halogens is 5. The predicted molar refractivity (Wildman–Crippen MR) is 139 cm³/mol. The van der Waals surface area contributed by atoms with Gasteiger partial charge in [0.05, 0.1) is 5.92 Å². The minimum absolute atomic E-state index is 0.148. The molecule has 5 nitrogen and oxygen atoms in total. The number of carbonyl (C=O) groups is 1. The Kier molecular flexibility index (Phi) is 8.91. The Morgan fingerprint density at radius 3 is 1.48 bits per heavy atom. The van der Waals surface area contributed by atoms with Crippen molar-refractivity contribution >= 4 is 26.4 Å². The molecule has 0 aliphatic heterocycles. The molecule has 0 heterocycles. The van der Waals surface area contributed by atoms with Gasteiger partial charge >= 0.3 is 27.5 Å². The monoisotopic (exact) mass is 602 g/mol. The van der Waals surface area contributed by atoms with Gasteiger partial charge in [-0.25, -0.2) is 3.63 Å². The molecule has 0 radical (unpaired) electrons. The highest BCUT2D eigenvalue weighted by molar-refractivity contribution is 8.33. The van der Waals surface area contributed by atoms with E-state index in [0.717, 1.165) is 6.42 Å². The van der Waals surface area contributed by atoms with Gasteiger partial charge in [0, 0.05) is 14.7 Å². The van der Waals surface area contributed by atoms with Gasteiger partial charge in [0.1, 0.15) is 0 Å². The summed E-state index contributed by atoms with van der Waals surface area (Å²) in [6.07, 6.45) is -8.05. The van der Waals surface area contributed by atoms with Crippen LogP contribution in [-0.2, 0) is 23.3 Å². The number of hydrogen-bond acceptors (Lipinski definition) is 5. The molecule has 0 N–H and O–H groups in total. The summed E-state index contributed by atoms with van der Waals surface area (Å²) < 4.78 is 110. The van der Waals surface area contributed by atoms with E-state index < -0.39 is 49.8 Å². The first-order chi connectivity index (χ1) is 18.9. The molecule has 1 atom stereocenters. The minimum atomic E-state index is -6.41. The number of rotatable bonds is 9. The molecule has 1 saturated carbocycles. The smallest absolute Gasteiger partial charge is 0.432 e. The maximum Gasteiger partial charge on any atom is 0.432 e. The van der Waals surface area contributed by atoms with Crippen LogP contribution in [0.2, 0.25) is 0 Å². The molecule has 1 aliphatic rings. The van der Waals surface area contributed by atoms with Crippen molar-refractivity contribution in [3.63, 3.8) is 0 Å². The van der Waals surface area contributed by atoms with Crippen LogP contribution in [0.15, 0.2) is 106 Å². The van der Waals surface area contributed by atoms with E-state index in [1.165, 1.54) is 72.8 Å². The van der Waals surface area contributed by atoms with Crippen molar-refractivity contribution in [1.29, 1.82) is 0 Å². The molecular formula is C28H27F5O5S2. The normalized spacial score (nSPS) is 16.7. The van der Waals surface area contributed by atoms with E-state index in [9.17, 15) is 26.4 Å². The van der Waals surface area contributed by atoms with Crippen LogP contribution in [0.25, 0.3) is 0 Å². The zero-order chi connectivity index (χ0) is 29.0. The van der Waals surface area contributed by atoms with E-state index >= 15 is 8.78 Å². The second kappa shape index (κ2) is 11.9. The predicted octanol–water partition coefficient (Wildman–Crippen LogP) is 7.88. The fraction of sp³-hybridized carbons (Fsp3) is 0.321. The Labute approximate surface area is 231 Å². The van der Waals surface area contributed by atoms with E-state index in [4.69, 9.17) is 3.63 Å². The zero-order valence-corrected chi connectivity index (χ0v) is 22.7. The maximum atomic E-state index is 15.7. The van der Waals surface area contributed by atoms with Crippen LogP contribution in [0.4, 0.5) is 22.0 Å². The second-order valence-electron chi connectivity index (χ2n) is 9.27. The van der Waals surface area contributed by atoms with Crippen molar-refractivity contribution in [2.75, 3.05) is 0 Å². The lowest BCUT2D eigenvalue weighted by Crippen LogP contribution is -2.53. The number of carbonyl (C=O) groups excluding carboxylic acids is 1. The second-order valence-corrected chi connectivity index (χ2v) is 13.8. The van der Waals surface area contributed by atoms with Gasteiger partial charge in [0.15, 0.2) is 0 Å². The summed E-state index contributed by atoms with van der Waals surface area (Å²) in [6, 6.07) is 22.7. The van der Waals surface area contributed by atoms with Crippen LogP contribution in [0.3, 0.4) is 0 Å². The summed E-state index contributed by atoms with van der Waals surface area (Å²) in [5.74, 6) is -2.54. The standard InChI is InChI=1S/C28H27F5O5S2/c29-27(30,31)26(37-25(34)21-13-5-1-6-14-21)28(32,33)40(35,36)38-39(22-15-7-2-8-16-22,23-17-9-3-10-18-23)24-19-11-4-12-20-24/h2-4,7-12,15-21,26H,1,5-6,13-14H2. The molecule has 12 heteroatoms. The van der Waals surface area contributed by atoms with Gasteiger partial charge in [-0.2, -0.15) is 30.4 Å². The first-order valence-corrected chi connectivity index (χ1v) is 15.5. The number of esters is 1. The average molecular weight is 603 g/mol. The van der Waals surface area contributed by atoms with Gasteiger partial charge in [0.2, 0.25) is 0 Å². The van der Waals surface area contributed by atoms with E-state index in [0.29, 0.717) is 12.8 Å². The number of hydrogen-bond donors (Lipinski definition) is 0.